The number of amides is 2. The van der Waals surface area contributed by atoms with Gasteiger partial charge in [-0.2, -0.15) is 0 Å². The lowest BCUT2D eigenvalue weighted by atomic mass is 9.95. The van der Waals surface area contributed by atoms with Gasteiger partial charge in [-0.3, -0.25) is 13.9 Å². The summed E-state index contributed by atoms with van der Waals surface area (Å²) < 4.78 is 38.3. The Morgan fingerprint density at radius 2 is 1.73 bits per heavy atom. The van der Waals surface area contributed by atoms with Crippen molar-refractivity contribution in [2.45, 2.75) is 71.0 Å². The van der Waals surface area contributed by atoms with E-state index in [1.165, 1.54) is 11.8 Å². The number of ether oxygens (including phenoxy) is 2. The summed E-state index contributed by atoms with van der Waals surface area (Å²) in [6.07, 6.45) is 5.38. The maximum atomic E-state index is 14.0. The second kappa shape index (κ2) is 13.3. The molecule has 1 fully saturated rings. The van der Waals surface area contributed by atoms with Crippen LogP contribution in [0.3, 0.4) is 0 Å². The first-order valence-corrected chi connectivity index (χ1v) is 15.9. The lowest BCUT2D eigenvalue weighted by molar-refractivity contribution is -0.140. The van der Waals surface area contributed by atoms with Gasteiger partial charge in [0.1, 0.15) is 12.6 Å². The largest absolute Gasteiger partial charge is 0.454 e. The molecule has 1 aliphatic heterocycles. The van der Waals surface area contributed by atoms with Crippen molar-refractivity contribution in [1.82, 2.24) is 10.2 Å². The fourth-order valence-electron chi connectivity index (χ4n) is 5.06. The number of rotatable bonds is 11. The van der Waals surface area contributed by atoms with Crippen LogP contribution in [0, 0.1) is 0 Å². The van der Waals surface area contributed by atoms with Gasteiger partial charge in [0.15, 0.2) is 11.5 Å². The predicted molar refractivity (Wildman–Crippen MR) is 155 cm³/mol. The molecule has 1 atom stereocenters. The lowest BCUT2D eigenvalue weighted by Crippen LogP contribution is -2.54. The van der Waals surface area contributed by atoms with Crippen LogP contribution < -0.4 is 19.1 Å². The fourth-order valence-corrected chi connectivity index (χ4v) is 6.43. The molecule has 2 aromatic carbocycles. The van der Waals surface area contributed by atoms with E-state index in [4.69, 9.17) is 32.7 Å². The monoisotopic (exact) mass is 611 g/mol. The van der Waals surface area contributed by atoms with Gasteiger partial charge in [-0.15, -0.1) is 0 Å². The van der Waals surface area contributed by atoms with Crippen molar-refractivity contribution in [2.24, 2.45) is 0 Å². The first-order valence-electron chi connectivity index (χ1n) is 13.6. The third-order valence-corrected chi connectivity index (χ3v) is 9.78. The summed E-state index contributed by atoms with van der Waals surface area (Å²) in [5.41, 5.74) is 0.938. The number of fused-ring (bicyclic) bond motifs is 1. The summed E-state index contributed by atoms with van der Waals surface area (Å²) >= 11 is 12.3. The zero-order valence-corrected chi connectivity index (χ0v) is 25.0. The molecule has 40 heavy (non-hydrogen) atoms. The average Bonchev–Trinajstić information content (AvgIpc) is 3.42. The van der Waals surface area contributed by atoms with E-state index in [2.05, 4.69) is 5.32 Å². The quantitative estimate of drug-likeness (QED) is 0.377. The van der Waals surface area contributed by atoms with Crippen molar-refractivity contribution in [3.63, 3.8) is 0 Å². The Morgan fingerprint density at radius 1 is 1.00 bits per heavy atom. The minimum absolute atomic E-state index is 0.0317. The van der Waals surface area contributed by atoms with Crippen LogP contribution in [0.15, 0.2) is 36.4 Å². The number of carbonyl (C=O) groups is 2. The third-order valence-electron chi connectivity index (χ3n) is 7.30. The Morgan fingerprint density at radius 3 is 2.40 bits per heavy atom. The van der Waals surface area contributed by atoms with E-state index in [1.807, 2.05) is 6.92 Å². The number of anilines is 1. The molecule has 0 bridgehead atoms. The third kappa shape index (κ3) is 7.14. The van der Waals surface area contributed by atoms with Crippen molar-refractivity contribution >= 4 is 50.7 Å². The number of nitrogens with one attached hydrogen (secondary N) is 1. The number of sulfonamides is 1. The average molecular weight is 613 g/mol. The molecule has 1 saturated carbocycles. The zero-order valence-electron chi connectivity index (χ0n) is 22.7. The van der Waals surface area contributed by atoms with E-state index in [0.29, 0.717) is 33.5 Å². The van der Waals surface area contributed by atoms with Crippen LogP contribution in [0.4, 0.5) is 5.69 Å². The number of hydrogen-bond donors (Lipinski definition) is 1. The minimum Gasteiger partial charge on any atom is -0.454 e. The zero-order chi connectivity index (χ0) is 28.9. The van der Waals surface area contributed by atoms with Gasteiger partial charge in [0, 0.05) is 18.7 Å². The molecular formula is C28H35Cl2N3O6S. The van der Waals surface area contributed by atoms with E-state index >= 15 is 0 Å². The Hall–Kier alpha value is -2.69. The molecule has 2 aromatic rings. The second-order valence-corrected chi connectivity index (χ2v) is 13.0. The maximum absolute atomic E-state index is 14.0. The van der Waals surface area contributed by atoms with Gasteiger partial charge in [-0.05, 0) is 56.0 Å². The van der Waals surface area contributed by atoms with Crippen LogP contribution in [0.25, 0.3) is 0 Å². The highest BCUT2D eigenvalue weighted by Gasteiger charge is 2.34. The Balaban J connectivity index is 1.65. The number of halogens is 2. The molecule has 1 N–H and O–H groups in total. The molecule has 0 spiro atoms. The van der Waals surface area contributed by atoms with Gasteiger partial charge in [-0.25, -0.2) is 8.42 Å². The highest BCUT2D eigenvalue weighted by atomic mass is 35.5. The van der Waals surface area contributed by atoms with Crippen LogP contribution >= 0.6 is 23.2 Å². The van der Waals surface area contributed by atoms with Gasteiger partial charge < -0.3 is 19.7 Å². The van der Waals surface area contributed by atoms with Crippen LogP contribution in [0.5, 0.6) is 11.5 Å². The summed E-state index contributed by atoms with van der Waals surface area (Å²) in [6.45, 7) is 2.93. The first kappa shape index (κ1) is 30.3. The van der Waals surface area contributed by atoms with E-state index in [-0.39, 0.29) is 36.7 Å². The molecule has 218 valence electrons. The van der Waals surface area contributed by atoms with Crippen LogP contribution in [-0.4, -0.2) is 56.3 Å². The number of carbonyl (C=O) groups excluding carboxylic acids is 2. The molecule has 12 heteroatoms. The molecule has 1 aliphatic carbocycles. The topological polar surface area (TPSA) is 105 Å². The predicted octanol–water partition coefficient (Wildman–Crippen LogP) is 5.13. The number of benzene rings is 2. The summed E-state index contributed by atoms with van der Waals surface area (Å²) in [5, 5.41) is 3.81. The fraction of sp³-hybridized carbons (Fsp3) is 0.500. The standard InChI is InChI=1S/C28H35Cl2N3O6S/c1-3-24(28(35)31-20-8-6-5-7-9-20)32(16-19-10-12-22(29)23(30)14-19)27(34)17-33(40(36,37)4-2)21-11-13-25-26(15-21)39-18-38-25/h10-15,20,24H,3-9,16-18H2,1-2H3,(H,31,35)/t24-/m0/s1. The molecule has 0 saturated heterocycles. The van der Waals surface area contributed by atoms with Gasteiger partial charge in [0.05, 0.1) is 21.5 Å². The Labute approximate surface area is 245 Å². The minimum atomic E-state index is -3.87. The second-order valence-electron chi connectivity index (χ2n) is 9.98. The van der Waals surface area contributed by atoms with E-state index in [0.717, 1.165) is 36.4 Å². The molecule has 2 amide bonds. The SMILES string of the molecule is CC[C@@H](C(=O)NC1CCCCC1)N(Cc1ccc(Cl)c(Cl)c1)C(=O)CN(c1ccc2c(c1)OCO2)S(=O)(=O)CC. The summed E-state index contributed by atoms with van der Waals surface area (Å²) in [6, 6.07) is 8.98. The Bertz CT molecular complexity index is 1330. The molecule has 2 aliphatic rings. The van der Waals surface area contributed by atoms with Crippen LogP contribution in [0.1, 0.15) is 57.9 Å². The van der Waals surface area contributed by atoms with Gasteiger partial charge >= 0.3 is 0 Å². The Kier molecular flexibility index (Phi) is 10.1. The van der Waals surface area contributed by atoms with E-state index in [1.54, 1.807) is 36.4 Å². The molecule has 1 heterocycles. The molecule has 4 rings (SSSR count). The van der Waals surface area contributed by atoms with Crippen LogP contribution in [-0.2, 0) is 26.2 Å². The summed E-state index contributed by atoms with van der Waals surface area (Å²) in [5.74, 6) is -0.106. The molecule has 9 nitrogen and oxygen atoms in total. The van der Waals surface area contributed by atoms with Crippen molar-refractivity contribution in [2.75, 3.05) is 23.4 Å². The number of nitrogens with zero attached hydrogens (tertiary/aromatic N) is 2. The normalized spacial score (nSPS) is 15.9. The lowest BCUT2D eigenvalue weighted by Gasteiger charge is -2.34. The van der Waals surface area contributed by atoms with Gasteiger partial charge in [0.2, 0.25) is 28.6 Å². The van der Waals surface area contributed by atoms with Crippen molar-refractivity contribution in [3.8, 4) is 11.5 Å². The molecular weight excluding hydrogens is 577 g/mol. The number of hydrogen-bond acceptors (Lipinski definition) is 6. The first-order chi connectivity index (χ1) is 19.1. The highest BCUT2D eigenvalue weighted by molar-refractivity contribution is 7.92. The summed E-state index contributed by atoms with van der Waals surface area (Å²) in [7, 11) is -3.87. The molecule has 0 aromatic heterocycles. The molecule has 0 unspecified atom stereocenters. The molecule has 0 radical (unpaired) electrons. The van der Waals surface area contributed by atoms with Crippen molar-refractivity contribution in [3.05, 3.63) is 52.0 Å². The highest BCUT2D eigenvalue weighted by Crippen LogP contribution is 2.36. The van der Waals surface area contributed by atoms with Gasteiger partial charge in [0.25, 0.3) is 0 Å². The summed E-state index contributed by atoms with van der Waals surface area (Å²) in [4.78, 5) is 29.0. The van der Waals surface area contributed by atoms with Gasteiger partial charge in [-0.1, -0.05) is 55.5 Å². The van der Waals surface area contributed by atoms with Crippen LogP contribution in [0.2, 0.25) is 10.0 Å². The van der Waals surface area contributed by atoms with E-state index in [9.17, 15) is 18.0 Å². The smallest absolute Gasteiger partial charge is 0.244 e. The van der Waals surface area contributed by atoms with E-state index < -0.39 is 28.5 Å². The van der Waals surface area contributed by atoms with Crippen molar-refractivity contribution in [1.29, 1.82) is 0 Å². The maximum Gasteiger partial charge on any atom is 0.244 e. The van der Waals surface area contributed by atoms with Crippen molar-refractivity contribution < 1.29 is 27.5 Å².